The van der Waals surface area contributed by atoms with E-state index in [0.29, 0.717) is 37.5 Å². The third-order valence-corrected chi connectivity index (χ3v) is 7.04. The first kappa shape index (κ1) is 19.1. The van der Waals surface area contributed by atoms with Crippen molar-refractivity contribution in [2.45, 2.75) is 24.2 Å². The summed E-state index contributed by atoms with van der Waals surface area (Å²) in [6, 6.07) is 4.59. The number of hydrogen-bond acceptors (Lipinski definition) is 5. The molecule has 0 unspecified atom stereocenters. The lowest BCUT2D eigenvalue weighted by Crippen LogP contribution is -2.47. The number of sulfonamides is 1. The number of amides is 1. The predicted molar refractivity (Wildman–Crippen MR) is 99.0 cm³/mol. The van der Waals surface area contributed by atoms with Crippen molar-refractivity contribution >= 4 is 15.9 Å². The average Bonchev–Trinajstić information content (AvgIpc) is 2.68. The average molecular weight is 381 g/mol. The van der Waals surface area contributed by atoms with Gasteiger partial charge in [-0.25, -0.2) is 8.42 Å². The number of carbonyl (C=O) groups excluding carboxylic acids is 1. The summed E-state index contributed by atoms with van der Waals surface area (Å²) in [7, 11) is -0.0667. The summed E-state index contributed by atoms with van der Waals surface area (Å²) in [6.07, 6.45) is 2.81. The number of methoxy groups -OCH3 is 1. The van der Waals surface area contributed by atoms with Crippen molar-refractivity contribution in [2.24, 2.45) is 0 Å². The van der Waals surface area contributed by atoms with Gasteiger partial charge in [-0.3, -0.25) is 4.79 Å². The highest BCUT2D eigenvalue weighted by Gasteiger charge is 2.29. The summed E-state index contributed by atoms with van der Waals surface area (Å²) in [5.74, 6) is 0.233. The SMILES string of the molecule is COc1ccc(S(=O)(=O)N2CCCCC2)cc1C(=O)N1CCN(C)CC1. The third-order valence-electron chi connectivity index (χ3n) is 5.14. The summed E-state index contributed by atoms with van der Waals surface area (Å²) in [5.41, 5.74) is 0.315. The molecule has 0 N–H and O–H groups in total. The van der Waals surface area contributed by atoms with Gasteiger partial charge >= 0.3 is 0 Å². The molecule has 0 bridgehead atoms. The molecule has 2 heterocycles. The number of likely N-dealkylation sites (N-methyl/N-ethyl adjacent to an activating group) is 1. The molecule has 26 heavy (non-hydrogen) atoms. The zero-order valence-corrected chi connectivity index (χ0v) is 16.3. The molecule has 0 radical (unpaired) electrons. The second kappa shape index (κ2) is 7.94. The van der Waals surface area contributed by atoms with E-state index < -0.39 is 10.0 Å². The summed E-state index contributed by atoms with van der Waals surface area (Å²) in [5, 5.41) is 0. The van der Waals surface area contributed by atoms with E-state index in [1.165, 1.54) is 23.5 Å². The smallest absolute Gasteiger partial charge is 0.257 e. The number of nitrogens with zero attached hydrogens (tertiary/aromatic N) is 3. The minimum absolute atomic E-state index is 0.165. The fourth-order valence-corrected chi connectivity index (χ4v) is 4.99. The molecule has 2 fully saturated rings. The molecule has 3 rings (SSSR count). The molecule has 144 valence electrons. The molecule has 2 aliphatic rings. The molecule has 1 aromatic carbocycles. The van der Waals surface area contributed by atoms with Crippen molar-refractivity contribution in [3.63, 3.8) is 0 Å². The van der Waals surface area contributed by atoms with Crippen LogP contribution in [0.15, 0.2) is 23.1 Å². The number of ether oxygens (including phenoxy) is 1. The Labute approximate surface area is 155 Å². The molecule has 7 nitrogen and oxygen atoms in total. The van der Waals surface area contributed by atoms with Crippen LogP contribution in [0.3, 0.4) is 0 Å². The molecule has 0 aromatic heterocycles. The Bertz CT molecular complexity index is 752. The van der Waals surface area contributed by atoms with Crippen LogP contribution >= 0.6 is 0 Å². The number of carbonyl (C=O) groups is 1. The molecular weight excluding hydrogens is 354 g/mol. The van der Waals surface area contributed by atoms with E-state index in [0.717, 1.165) is 32.4 Å². The Kier molecular flexibility index (Phi) is 5.84. The first-order chi connectivity index (χ1) is 12.4. The molecule has 1 aromatic rings. The molecule has 2 aliphatic heterocycles. The van der Waals surface area contributed by atoms with Gasteiger partial charge in [-0.05, 0) is 38.1 Å². The monoisotopic (exact) mass is 381 g/mol. The van der Waals surface area contributed by atoms with Crippen LogP contribution in [0.1, 0.15) is 29.6 Å². The summed E-state index contributed by atoms with van der Waals surface area (Å²) < 4.78 is 32.7. The zero-order valence-electron chi connectivity index (χ0n) is 15.5. The molecule has 0 spiro atoms. The number of benzene rings is 1. The first-order valence-corrected chi connectivity index (χ1v) is 10.5. The van der Waals surface area contributed by atoms with Crippen molar-refractivity contribution in [2.75, 3.05) is 53.4 Å². The van der Waals surface area contributed by atoms with Gasteiger partial charge in [0.1, 0.15) is 5.75 Å². The topological polar surface area (TPSA) is 70.2 Å². The summed E-state index contributed by atoms with van der Waals surface area (Å²) in [4.78, 5) is 17.0. The minimum Gasteiger partial charge on any atom is -0.496 e. The number of piperidine rings is 1. The van der Waals surface area contributed by atoms with Crippen LogP contribution in [0.25, 0.3) is 0 Å². The fraction of sp³-hybridized carbons (Fsp3) is 0.611. The number of hydrogen-bond donors (Lipinski definition) is 0. The molecule has 2 saturated heterocycles. The van der Waals surface area contributed by atoms with E-state index in [-0.39, 0.29) is 10.8 Å². The highest BCUT2D eigenvalue weighted by atomic mass is 32.2. The third kappa shape index (κ3) is 3.87. The minimum atomic E-state index is -3.58. The van der Waals surface area contributed by atoms with Crippen LogP contribution < -0.4 is 4.74 Å². The maximum atomic E-state index is 13.0. The van der Waals surface area contributed by atoms with Crippen LogP contribution in [0.4, 0.5) is 0 Å². The van der Waals surface area contributed by atoms with Gasteiger partial charge in [-0.15, -0.1) is 0 Å². The van der Waals surface area contributed by atoms with Crippen molar-refractivity contribution in [3.05, 3.63) is 23.8 Å². The summed E-state index contributed by atoms with van der Waals surface area (Å²) >= 11 is 0. The lowest BCUT2D eigenvalue weighted by molar-refractivity contribution is 0.0660. The van der Waals surface area contributed by atoms with E-state index in [9.17, 15) is 13.2 Å². The van der Waals surface area contributed by atoms with Gasteiger partial charge in [0.05, 0.1) is 17.6 Å². The standard InChI is InChI=1S/C18H27N3O4S/c1-19-10-12-20(13-11-19)18(22)16-14-15(6-7-17(16)25-2)26(23,24)21-8-4-3-5-9-21/h6-7,14H,3-5,8-13H2,1-2H3. The van der Waals surface area contributed by atoms with Crippen molar-refractivity contribution in [1.82, 2.24) is 14.1 Å². The van der Waals surface area contributed by atoms with Gasteiger partial charge in [0, 0.05) is 39.3 Å². The van der Waals surface area contributed by atoms with E-state index in [1.807, 2.05) is 7.05 Å². The van der Waals surface area contributed by atoms with Crippen LogP contribution in [0.5, 0.6) is 5.75 Å². The van der Waals surface area contributed by atoms with Gasteiger partial charge in [0.2, 0.25) is 10.0 Å². The second-order valence-electron chi connectivity index (χ2n) is 6.92. The molecule has 0 saturated carbocycles. The molecular formula is C18H27N3O4S. The van der Waals surface area contributed by atoms with E-state index >= 15 is 0 Å². The van der Waals surface area contributed by atoms with Gasteiger partial charge in [0.25, 0.3) is 5.91 Å². The summed E-state index contributed by atoms with van der Waals surface area (Å²) in [6.45, 7) is 3.94. The number of piperazine rings is 1. The van der Waals surface area contributed by atoms with Gasteiger partial charge < -0.3 is 14.5 Å². The van der Waals surface area contributed by atoms with Crippen molar-refractivity contribution in [3.8, 4) is 5.75 Å². The highest BCUT2D eigenvalue weighted by Crippen LogP contribution is 2.27. The molecule has 1 amide bonds. The van der Waals surface area contributed by atoms with Crippen molar-refractivity contribution < 1.29 is 17.9 Å². The Morgan fingerprint density at radius 2 is 1.65 bits per heavy atom. The van der Waals surface area contributed by atoms with Crippen LogP contribution in [0, 0.1) is 0 Å². The van der Waals surface area contributed by atoms with Gasteiger partial charge in [-0.1, -0.05) is 6.42 Å². The van der Waals surface area contributed by atoms with E-state index in [1.54, 1.807) is 11.0 Å². The second-order valence-corrected chi connectivity index (χ2v) is 8.86. The Morgan fingerprint density at radius 3 is 2.27 bits per heavy atom. The lowest BCUT2D eigenvalue weighted by Gasteiger charge is -2.33. The molecule has 0 atom stereocenters. The highest BCUT2D eigenvalue weighted by molar-refractivity contribution is 7.89. The maximum absolute atomic E-state index is 13.0. The predicted octanol–water partition coefficient (Wildman–Crippen LogP) is 1.26. The largest absolute Gasteiger partial charge is 0.496 e. The lowest BCUT2D eigenvalue weighted by atomic mass is 10.1. The van der Waals surface area contributed by atoms with E-state index in [4.69, 9.17) is 4.74 Å². The van der Waals surface area contributed by atoms with Crippen LogP contribution in [-0.2, 0) is 10.0 Å². The van der Waals surface area contributed by atoms with Gasteiger partial charge in [-0.2, -0.15) is 4.31 Å². The number of rotatable bonds is 4. The van der Waals surface area contributed by atoms with Crippen LogP contribution in [-0.4, -0.2) is 81.9 Å². The first-order valence-electron chi connectivity index (χ1n) is 9.09. The Hall–Kier alpha value is -1.64. The zero-order chi connectivity index (χ0) is 18.7. The normalized spacial score (nSPS) is 20.2. The fourth-order valence-electron chi connectivity index (χ4n) is 3.45. The molecule has 0 aliphatic carbocycles. The van der Waals surface area contributed by atoms with E-state index in [2.05, 4.69) is 4.90 Å². The molecule has 8 heteroatoms. The van der Waals surface area contributed by atoms with Gasteiger partial charge in [0.15, 0.2) is 0 Å². The Balaban J connectivity index is 1.90. The maximum Gasteiger partial charge on any atom is 0.257 e. The Morgan fingerprint density at radius 1 is 1.00 bits per heavy atom. The quantitative estimate of drug-likeness (QED) is 0.785. The van der Waals surface area contributed by atoms with Crippen molar-refractivity contribution in [1.29, 1.82) is 0 Å². The van der Waals surface area contributed by atoms with Crippen LogP contribution in [0.2, 0.25) is 0 Å².